The topological polar surface area (TPSA) is 59.2 Å². The molecule has 0 saturated heterocycles. The maximum atomic E-state index is 11.6. The van der Waals surface area contributed by atoms with Crippen LogP contribution in [0.25, 0.3) is 0 Å². The van der Waals surface area contributed by atoms with Crippen molar-refractivity contribution in [1.29, 1.82) is 0 Å². The van der Waals surface area contributed by atoms with Gasteiger partial charge in [-0.3, -0.25) is 9.59 Å². The van der Waals surface area contributed by atoms with Crippen LogP contribution in [0.2, 0.25) is 0 Å². The van der Waals surface area contributed by atoms with Crippen molar-refractivity contribution >= 4 is 22.2 Å². The monoisotopic (exact) mass is 309 g/mol. The molecule has 0 aromatic carbocycles. The van der Waals surface area contributed by atoms with Crippen molar-refractivity contribution in [2.75, 3.05) is 6.61 Å². The zero-order valence-electron chi connectivity index (χ0n) is 9.61. The van der Waals surface area contributed by atoms with Crippen LogP contribution < -0.4 is 10.3 Å². The molecule has 1 aromatic rings. The Morgan fingerprint density at radius 2 is 2.28 bits per heavy atom. The lowest BCUT2D eigenvalue weighted by molar-refractivity contribution is 0.111. The van der Waals surface area contributed by atoms with Crippen molar-refractivity contribution in [3.05, 3.63) is 50.4 Å². The van der Waals surface area contributed by atoms with Crippen LogP contribution in [0.1, 0.15) is 23.3 Å². The molecule has 4 nitrogen and oxygen atoms in total. The van der Waals surface area contributed by atoms with Crippen molar-refractivity contribution in [3.63, 3.8) is 0 Å². The molecule has 1 N–H and O–H groups in total. The normalized spacial score (nSPS) is 14.2. The van der Waals surface area contributed by atoms with E-state index in [4.69, 9.17) is 4.74 Å². The number of carbonyl (C=O) groups is 1. The smallest absolute Gasteiger partial charge is 0.290 e. The lowest BCUT2D eigenvalue weighted by Gasteiger charge is -2.09. The molecule has 1 heterocycles. The van der Waals surface area contributed by atoms with Crippen molar-refractivity contribution in [2.24, 2.45) is 0 Å². The van der Waals surface area contributed by atoms with E-state index in [2.05, 4.69) is 33.1 Å². The molecule has 94 valence electrons. The van der Waals surface area contributed by atoms with Gasteiger partial charge in [0.1, 0.15) is 6.61 Å². The highest BCUT2D eigenvalue weighted by molar-refractivity contribution is 9.10. The Balaban J connectivity index is 2.12. The van der Waals surface area contributed by atoms with E-state index in [1.165, 1.54) is 6.07 Å². The lowest BCUT2D eigenvalue weighted by Crippen LogP contribution is -2.14. The second-order valence-corrected chi connectivity index (χ2v) is 4.74. The van der Waals surface area contributed by atoms with Crippen LogP contribution in [-0.2, 0) is 0 Å². The first-order valence-corrected chi connectivity index (χ1v) is 6.36. The fraction of sp³-hybridized carbons (Fsp3) is 0.231. The second kappa shape index (κ2) is 5.82. The summed E-state index contributed by atoms with van der Waals surface area (Å²) in [7, 11) is 0. The summed E-state index contributed by atoms with van der Waals surface area (Å²) in [6.45, 7) is 0.354. The number of rotatable bonds is 4. The van der Waals surface area contributed by atoms with Gasteiger partial charge < -0.3 is 9.72 Å². The summed E-state index contributed by atoms with van der Waals surface area (Å²) in [5.74, 6) is 0.201. The predicted molar refractivity (Wildman–Crippen MR) is 72.1 cm³/mol. The molecule has 18 heavy (non-hydrogen) atoms. The maximum Gasteiger partial charge on any atom is 0.290 e. The van der Waals surface area contributed by atoms with Crippen LogP contribution in [0.3, 0.4) is 0 Å². The molecule has 5 heteroatoms. The summed E-state index contributed by atoms with van der Waals surface area (Å²) in [6, 6.07) is 1.51. The molecule has 0 saturated carbocycles. The van der Waals surface area contributed by atoms with E-state index in [-0.39, 0.29) is 11.4 Å². The highest BCUT2D eigenvalue weighted by Gasteiger charge is 2.08. The Labute approximate surface area is 112 Å². The van der Waals surface area contributed by atoms with Crippen molar-refractivity contribution in [2.45, 2.75) is 12.8 Å². The van der Waals surface area contributed by atoms with Gasteiger partial charge >= 0.3 is 0 Å². The number of ether oxygens (including phenoxy) is 1. The van der Waals surface area contributed by atoms with Crippen LogP contribution in [0.4, 0.5) is 0 Å². The highest BCUT2D eigenvalue weighted by atomic mass is 79.9. The number of aldehydes is 1. The van der Waals surface area contributed by atoms with Gasteiger partial charge in [-0.25, -0.2) is 0 Å². The molecule has 0 atom stereocenters. The van der Waals surface area contributed by atoms with Gasteiger partial charge in [-0.2, -0.15) is 0 Å². The highest BCUT2D eigenvalue weighted by Crippen LogP contribution is 2.17. The predicted octanol–water partition coefficient (Wildman–Crippen LogP) is 2.61. The zero-order valence-corrected chi connectivity index (χ0v) is 11.2. The van der Waals surface area contributed by atoms with E-state index >= 15 is 0 Å². The summed E-state index contributed by atoms with van der Waals surface area (Å²) in [5, 5.41) is 0. The first-order valence-electron chi connectivity index (χ1n) is 5.57. The van der Waals surface area contributed by atoms with Crippen LogP contribution >= 0.6 is 15.9 Å². The number of aromatic amines is 1. The summed E-state index contributed by atoms with van der Waals surface area (Å²) in [4.78, 5) is 24.7. The zero-order chi connectivity index (χ0) is 13.0. The third-order valence-corrected chi connectivity index (χ3v) is 3.23. The van der Waals surface area contributed by atoms with Gasteiger partial charge in [0.15, 0.2) is 12.0 Å². The molecule has 0 unspecified atom stereocenters. The molecule has 0 fully saturated rings. The standard InChI is InChI=1S/C13H12BrNO3/c14-10-6-12(13(17)15-11(10)7-16)18-8-9-4-2-1-3-5-9/h2,4-7H,1,3,8H2,(H,15,17). The number of hydrogen-bond donors (Lipinski definition) is 1. The lowest BCUT2D eigenvalue weighted by atomic mass is 10.1. The Morgan fingerprint density at radius 3 is 2.94 bits per heavy atom. The quantitative estimate of drug-likeness (QED) is 0.870. The number of allylic oxidation sites excluding steroid dienone is 2. The summed E-state index contributed by atoms with van der Waals surface area (Å²) in [5.41, 5.74) is 0.862. The number of hydrogen-bond acceptors (Lipinski definition) is 3. The van der Waals surface area contributed by atoms with Crippen molar-refractivity contribution < 1.29 is 9.53 Å². The number of nitrogens with one attached hydrogen (secondary N) is 1. The molecular formula is C13H12BrNO3. The molecule has 0 aliphatic heterocycles. The molecular weight excluding hydrogens is 298 g/mol. The average molecular weight is 310 g/mol. The third-order valence-electron chi connectivity index (χ3n) is 2.57. The van der Waals surface area contributed by atoms with Crippen LogP contribution in [0.5, 0.6) is 5.75 Å². The molecule has 0 spiro atoms. The van der Waals surface area contributed by atoms with E-state index in [1.807, 2.05) is 6.08 Å². The van der Waals surface area contributed by atoms with Gasteiger partial charge in [0.2, 0.25) is 0 Å². The Morgan fingerprint density at radius 1 is 1.44 bits per heavy atom. The Hall–Kier alpha value is -1.62. The van der Waals surface area contributed by atoms with Crippen LogP contribution in [0, 0.1) is 0 Å². The van der Waals surface area contributed by atoms with Gasteiger partial charge in [0.25, 0.3) is 5.56 Å². The minimum absolute atomic E-state index is 0.201. The number of aromatic nitrogens is 1. The minimum atomic E-state index is -0.402. The van der Waals surface area contributed by atoms with E-state index in [9.17, 15) is 9.59 Å². The fourth-order valence-electron chi connectivity index (χ4n) is 1.63. The Kier molecular flexibility index (Phi) is 4.15. The molecule has 2 rings (SSSR count). The molecule has 1 aliphatic rings. The average Bonchev–Trinajstić information content (AvgIpc) is 2.40. The first-order chi connectivity index (χ1) is 8.70. The van der Waals surface area contributed by atoms with Gasteiger partial charge in [-0.05, 0) is 34.3 Å². The number of halogens is 1. The molecule has 1 aromatic heterocycles. The van der Waals surface area contributed by atoms with Gasteiger partial charge in [0.05, 0.1) is 5.69 Å². The number of H-pyrrole nitrogens is 1. The fourth-order valence-corrected chi connectivity index (χ4v) is 2.03. The van der Waals surface area contributed by atoms with Crippen molar-refractivity contribution in [3.8, 4) is 5.75 Å². The first kappa shape index (κ1) is 12.8. The van der Waals surface area contributed by atoms with E-state index in [0.29, 0.717) is 17.4 Å². The number of carbonyl (C=O) groups excluding carboxylic acids is 1. The van der Waals surface area contributed by atoms with Crippen LogP contribution in [0.15, 0.2) is 39.1 Å². The summed E-state index contributed by atoms with van der Waals surface area (Å²) < 4.78 is 5.96. The minimum Gasteiger partial charge on any atom is -0.483 e. The largest absolute Gasteiger partial charge is 0.483 e. The van der Waals surface area contributed by atoms with Gasteiger partial charge in [0, 0.05) is 10.5 Å². The van der Waals surface area contributed by atoms with E-state index < -0.39 is 5.56 Å². The van der Waals surface area contributed by atoms with E-state index in [0.717, 1.165) is 18.4 Å². The molecule has 0 bridgehead atoms. The van der Waals surface area contributed by atoms with Crippen LogP contribution in [-0.4, -0.2) is 17.9 Å². The summed E-state index contributed by atoms with van der Waals surface area (Å²) >= 11 is 3.20. The van der Waals surface area contributed by atoms with Gasteiger partial charge in [-0.1, -0.05) is 18.2 Å². The molecule has 0 radical (unpaired) electrons. The Bertz CT molecular complexity index is 572. The van der Waals surface area contributed by atoms with E-state index in [1.54, 1.807) is 0 Å². The summed E-state index contributed by atoms with van der Waals surface area (Å²) in [6.07, 6.45) is 8.79. The molecule has 0 amide bonds. The third kappa shape index (κ3) is 2.98. The molecule has 1 aliphatic carbocycles. The maximum absolute atomic E-state index is 11.6. The number of pyridine rings is 1. The SMILES string of the molecule is O=Cc1[nH]c(=O)c(OCC2=CCCC=C2)cc1Br. The van der Waals surface area contributed by atoms with Crippen molar-refractivity contribution in [1.82, 2.24) is 4.98 Å². The second-order valence-electron chi connectivity index (χ2n) is 3.89. The van der Waals surface area contributed by atoms with Gasteiger partial charge in [-0.15, -0.1) is 0 Å².